The maximum Gasteiger partial charge on any atom is 0.410 e. The van der Waals surface area contributed by atoms with Crippen molar-refractivity contribution < 1.29 is 14.3 Å². The second-order valence-electron chi connectivity index (χ2n) is 4.67. The molecule has 2 fully saturated rings. The monoisotopic (exact) mass is 246 g/mol. The summed E-state index contributed by atoms with van der Waals surface area (Å²) in [4.78, 5) is 24.6. The molecule has 0 unspecified atom stereocenters. The number of nitrogens with one attached hydrogen (secondary N) is 1. The van der Waals surface area contributed by atoms with Gasteiger partial charge < -0.3 is 15.0 Å². The lowest BCUT2D eigenvalue weighted by atomic mass is 9.95. The van der Waals surface area contributed by atoms with E-state index in [1.165, 1.54) is 0 Å². The number of benzene rings is 1. The van der Waals surface area contributed by atoms with Crippen molar-refractivity contribution in [2.75, 3.05) is 13.1 Å². The molecule has 0 spiro atoms. The number of likely N-dealkylation sites (tertiary alicyclic amines) is 1. The number of nitrogens with zero attached hydrogens (tertiary/aromatic N) is 1. The number of hydrogen-bond acceptors (Lipinski definition) is 3. The Bertz CT molecular complexity index is 474. The Morgan fingerprint density at radius 1 is 1.33 bits per heavy atom. The molecule has 2 saturated heterocycles. The fourth-order valence-electron chi connectivity index (χ4n) is 2.37. The number of amides is 2. The van der Waals surface area contributed by atoms with Crippen LogP contribution in [0.15, 0.2) is 30.3 Å². The molecule has 1 N–H and O–H groups in total. The van der Waals surface area contributed by atoms with Crippen LogP contribution in [-0.4, -0.2) is 36.0 Å². The number of β-lactam (4-membered cyclic amide) rings is 1. The van der Waals surface area contributed by atoms with Gasteiger partial charge in [-0.25, -0.2) is 4.79 Å². The van der Waals surface area contributed by atoms with Gasteiger partial charge in [-0.15, -0.1) is 0 Å². The summed E-state index contributed by atoms with van der Waals surface area (Å²) < 4.78 is 5.22. The first kappa shape index (κ1) is 11.1. The van der Waals surface area contributed by atoms with Gasteiger partial charge in [-0.1, -0.05) is 30.3 Å². The van der Waals surface area contributed by atoms with Crippen molar-refractivity contribution in [3.05, 3.63) is 35.9 Å². The van der Waals surface area contributed by atoms with Gasteiger partial charge in [0.1, 0.15) is 6.61 Å². The number of fused-ring (bicyclic) bond motifs is 1. The Morgan fingerprint density at radius 2 is 2.11 bits per heavy atom. The molecular weight excluding hydrogens is 232 g/mol. The van der Waals surface area contributed by atoms with Crippen molar-refractivity contribution in [1.82, 2.24) is 10.2 Å². The van der Waals surface area contributed by atoms with Crippen LogP contribution in [0.4, 0.5) is 4.79 Å². The van der Waals surface area contributed by atoms with Crippen LogP contribution in [0.5, 0.6) is 0 Å². The summed E-state index contributed by atoms with van der Waals surface area (Å²) >= 11 is 0. The van der Waals surface area contributed by atoms with E-state index >= 15 is 0 Å². The molecule has 1 aromatic carbocycles. The van der Waals surface area contributed by atoms with Gasteiger partial charge in [0.15, 0.2) is 0 Å². The van der Waals surface area contributed by atoms with E-state index in [4.69, 9.17) is 4.74 Å². The van der Waals surface area contributed by atoms with E-state index in [9.17, 15) is 9.59 Å². The molecule has 2 heterocycles. The molecule has 2 atom stereocenters. The van der Waals surface area contributed by atoms with Crippen LogP contribution in [0.25, 0.3) is 0 Å². The van der Waals surface area contributed by atoms with Crippen molar-refractivity contribution in [3.63, 3.8) is 0 Å². The van der Waals surface area contributed by atoms with E-state index in [1.807, 2.05) is 30.3 Å². The molecule has 2 aliphatic rings. The molecule has 18 heavy (non-hydrogen) atoms. The summed E-state index contributed by atoms with van der Waals surface area (Å²) in [6.45, 7) is 1.31. The van der Waals surface area contributed by atoms with Gasteiger partial charge in [-0.3, -0.25) is 4.79 Å². The van der Waals surface area contributed by atoms with Gasteiger partial charge in [-0.2, -0.15) is 0 Å². The van der Waals surface area contributed by atoms with Crippen molar-refractivity contribution >= 4 is 12.0 Å². The van der Waals surface area contributed by atoms with Gasteiger partial charge in [0.05, 0.1) is 12.0 Å². The number of ether oxygens (including phenoxy) is 1. The lowest BCUT2D eigenvalue weighted by Crippen LogP contribution is -2.57. The molecule has 0 bridgehead atoms. The summed E-state index contributed by atoms with van der Waals surface area (Å²) in [6.07, 6.45) is -0.345. The zero-order valence-corrected chi connectivity index (χ0v) is 9.83. The third kappa shape index (κ3) is 1.92. The lowest BCUT2D eigenvalue weighted by molar-refractivity contribution is -0.132. The van der Waals surface area contributed by atoms with Crippen LogP contribution >= 0.6 is 0 Å². The maximum atomic E-state index is 11.8. The minimum absolute atomic E-state index is 0.0331. The quantitative estimate of drug-likeness (QED) is 0.783. The topological polar surface area (TPSA) is 58.6 Å². The first-order valence-electron chi connectivity index (χ1n) is 6.00. The zero-order valence-electron chi connectivity index (χ0n) is 9.83. The molecule has 0 aliphatic carbocycles. The van der Waals surface area contributed by atoms with Crippen LogP contribution in [0.3, 0.4) is 0 Å². The largest absolute Gasteiger partial charge is 0.445 e. The standard InChI is InChI=1S/C13H14N2O3/c16-12-10-6-15(7-11(10)14-12)13(17)18-8-9-4-2-1-3-5-9/h1-5,10-11H,6-8H2,(H,14,16)/t10-,11+/m1/s1. The first-order chi connectivity index (χ1) is 8.74. The van der Waals surface area contributed by atoms with Crippen LogP contribution in [0, 0.1) is 5.92 Å². The molecule has 2 amide bonds. The van der Waals surface area contributed by atoms with E-state index in [0.717, 1.165) is 5.56 Å². The van der Waals surface area contributed by atoms with Gasteiger partial charge in [0.25, 0.3) is 0 Å². The van der Waals surface area contributed by atoms with Crippen LogP contribution in [0.2, 0.25) is 0 Å². The molecule has 3 rings (SSSR count). The molecule has 0 aromatic heterocycles. The number of hydrogen-bond donors (Lipinski definition) is 1. The summed E-state index contributed by atoms with van der Waals surface area (Å²) in [5.74, 6) is 0.00707. The van der Waals surface area contributed by atoms with Crippen LogP contribution in [-0.2, 0) is 16.1 Å². The van der Waals surface area contributed by atoms with E-state index in [2.05, 4.69) is 5.32 Å². The third-order valence-corrected chi connectivity index (χ3v) is 3.45. The molecule has 5 heteroatoms. The summed E-state index contributed by atoms with van der Waals surface area (Å²) in [5.41, 5.74) is 0.960. The normalized spacial score (nSPS) is 25.1. The van der Waals surface area contributed by atoms with Crippen molar-refractivity contribution in [1.29, 1.82) is 0 Å². The average Bonchev–Trinajstić information content (AvgIpc) is 2.74. The van der Waals surface area contributed by atoms with E-state index in [1.54, 1.807) is 4.90 Å². The molecular formula is C13H14N2O3. The molecule has 0 radical (unpaired) electrons. The highest BCUT2D eigenvalue weighted by molar-refractivity contribution is 5.88. The van der Waals surface area contributed by atoms with Crippen LogP contribution < -0.4 is 5.32 Å². The highest BCUT2D eigenvalue weighted by Gasteiger charge is 2.47. The number of carbonyl (C=O) groups excluding carboxylic acids is 2. The minimum Gasteiger partial charge on any atom is -0.445 e. The predicted octanol–water partition coefficient (Wildman–Crippen LogP) is 0.753. The van der Waals surface area contributed by atoms with E-state index in [0.29, 0.717) is 13.1 Å². The lowest BCUT2D eigenvalue weighted by Gasteiger charge is -2.28. The Hall–Kier alpha value is -2.04. The SMILES string of the molecule is O=C1N[C@H]2CN(C(=O)OCc3ccccc3)C[C@@H]12. The fraction of sp³-hybridized carbons (Fsp3) is 0.385. The van der Waals surface area contributed by atoms with Crippen molar-refractivity contribution in [2.24, 2.45) is 5.92 Å². The van der Waals surface area contributed by atoms with E-state index < -0.39 is 0 Å². The Kier molecular flexibility index (Phi) is 2.66. The van der Waals surface area contributed by atoms with Gasteiger partial charge in [-0.05, 0) is 5.56 Å². The van der Waals surface area contributed by atoms with Crippen LogP contribution in [0.1, 0.15) is 5.56 Å². The Morgan fingerprint density at radius 3 is 2.78 bits per heavy atom. The van der Waals surface area contributed by atoms with E-state index in [-0.39, 0.29) is 30.6 Å². The second-order valence-corrected chi connectivity index (χ2v) is 4.67. The smallest absolute Gasteiger partial charge is 0.410 e. The minimum atomic E-state index is -0.345. The summed E-state index contributed by atoms with van der Waals surface area (Å²) in [5, 5.41) is 2.77. The second kappa shape index (κ2) is 4.33. The highest BCUT2D eigenvalue weighted by Crippen LogP contribution is 2.25. The van der Waals surface area contributed by atoms with Gasteiger partial charge >= 0.3 is 6.09 Å². The maximum absolute atomic E-state index is 11.8. The van der Waals surface area contributed by atoms with Crippen molar-refractivity contribution in [2.45, 2.75) is 12.6 Å². The molecule has 0 saturated carbocycles. The Balaban J connectivity index is 1.52. The molecule has 2 aliphatic heterocycles. The first-order valence-corrected chi connectivity index (χ1v) is 6.00. The fourth-order valence-corrected chi connectivity index (χ4v) is 2.37. The van der Waals surface area contributed by atoms with Crippen molar-refractivity contribution in [3.8, 4) is 0 Å². The predicted molar refractivity (Wildman–Crippen MR) is 63.6 cm³/mol. The highest BCUT2D eigenvalue weighted by atomic mass is 16.6. The van der Waals surface area contributed by atoms with Gasteiger partial charge in [0.2, 0.25) is 5.91 Å². The Labute approximate surface area is 105 Å². The molecule has 1 aromatic rings. The zero-order chi connectivity index (χ0) is 12.5. The third-order valence-electron chi connectivity index (χ3n) is 3.45. The average molecular weight is 246 g/mol. The summed E-state index contributed by atoms with van der Waals surface area (Å²) in [6, 6.07) is 9.67. The number of carbonyl (C=O) groups is 2. The molecule has 94 valence electrons. The summed E-state index contributed by atoms with van der Waals surface area (Å²) in [7, 11) is 0. The number of rotatable bonds is 2. The molecule has 5 nitrogen and oxygen atoms in total. The van der Waals surface area contributed by atoms with Gasteiger partial charge in [0, 0.05) is 13.1 Å².